The van der Waals surface area contributed by atoms with Gasteiger partial charge in [0.05, 0.1) is 18.4 Å². The molecule has 3 N–H and O–H groups in total. The molecule has 8 nitrogen and oxygen atoms in total. The van der Waals surface area contributed by atoms with Crippen LogP contribution in [0.25, 0.3) is 0 Å². The Kier molecular flexibility index (Phi) is 4.40. The fourth-order valence-electron chi connectivity index (χ4n) is 1.09. The van der Waals surface area contributed by atoms with Crippen LogP contribution in [0.2, 0.25) is 0 Å². The first-order chi connectivity index (χ1) is 8.58. The third-order valence-electron chi connectivity index (χ3n) is 1.84. The Labute approximate surface area is 112 Å². The van der Waals surface area contributed by atoms with Gasteiger partial charge in [-0.3, -0.25) is 10.9 Å². The molecule has 0 bridgehead atoms. The number of ether oxygens (including phenoxy) is 1. The van der Waals surface area contributed by atoms with Crippen LogP contribution in [0.15, 0.2) is 16.9 Å². The molecule has 0 fully saturated rings. The minimum atomic E-state index is -3.38. The second-order valence-corrected chi connectivity index (χ2v) is 6.90. The lowest BCUT2D eigenvalue weighted by molar-refractivity contribution is 0.0531. The number of alkyl carbamates (subject to hydrolysis) is 1. The van der Waals surface area contributed by atoms with Gasteiger partial charge in [0.25, 0.3) is 0 Å². The summed E-state index contributed by atoms with van der Waals surface area (Å²) in [6.45, 7) is 5.42. The number of hydrogen-bond acceptors (Lipinski definition) is 7. The molecule has 0 saturated carbocycles. The molecule has 1 amide bonds. The summed E-state index contributed by atoms with van der Waals surface area (Å²) in [5.41, 5.74) is 5.00. The molecule has 0 aromatic carbocycles. The molecule has 108 valence electrons. The summed E-state index contributed by atoms with van der Waals surface area (Å²) in [5, 5.41) is 2.34. The lowest BCUT2D eigenvalue weighted by Gasteiger charge is -2.21. The van der Waals surface area contributed by atoms with Crippen molar-refractivity contribution < 1.29 is 17.9 Å². The molecule has 0 unspecified atom stereocenters. The number of hydrazine groups is 1. The normalized spacial score (nSPS) is 15.6. The van der Waals surface area contributed by atoms with Gasteiger partial charge in [0, 0.05) is 6.26 Å². The largest absolute Gasteiger partial charge is 0.444 e. The van der Waals surface area contributed by atoms with Gasteiger partial charge in [-0.1, -0.05) is 0 Å². The fraction of sp³-hybridized carbons (Fsp3) is 0.600. The van der Waals surface area contributed by atoms with Crippen molar-refractivity contribution in [2.24, 2.45) is 4.99 Å². The second kappa shape index (κ2) is 5.47. The molecule has 19 heavy (non-hydrogen) atoms. The van der Waals surface area contributed by atoms with Crippen molar-refractivity contribution >= 4 is 21.1 Å². The van der Waals surface area contributed by atoms with Crippen molar-refractivity contribution in [2.75, 3.05) is 12.8 Å². The van der Waals surface area contributed by atoms with E-state index in [2.05, 4.69) is 21.2 Å². The Morgan fingerprint density at radius 3 is 2.47 bits per heavy atom. The Morgan fingerprint density at radius 1 is 1.42 bits per heavy atom. The van der Waals surface area contributed by atoms with E-state index < -0.39 is 21.5 Å². The first kappa shape index (κ1) is 15.3. The SMILES string of the molecule is CC(C)(C)OC(=O)NCC1=CN=C(S(C)(=O)=O)NN1. The lowest BCUT2D eigenvalue weighted by Crippen LogP contribution is -2.45. The molecule has 9 heteroatoms. The maximum atomic E-state index is 11.4. The summed E-state index contributed by atoms with van der Waals surface area (Å²) in [6.07, 6.45) is 1.80. The highest BCUT2D eigenvalue weighted by atomic mass is 32.2. The van der Waals surface area contributed by atoms with E-state index in [0.717, 1.165) is 6.26 Å². The highest BCUT2D eigenvalue weighted by Gasteiger charge is 2.18. The number of nitrogens with zero attached hydrogens (tertiary/aromatic N) is 1. The molecule has 0 aromatic heterocycles. The van der Waals surface area contributed by atoms with Crippen LogP contribution >= 0.6 is 0 Å². The number of nitrogens with one attached hydrogen (secondary N) is 3. The first-order valence-corrected chi connectivity index (χ1v) is 7.43. The van der Waals surface area contributed by atoms with E-state index in [1.165, 1.54) is 6.20 Å². The third kappa shape index (κ3) is 5.60. The predicted molar refractivity (Wildman–Crippen MR) is 70.9 cm³/mol. The summed E-state index contributed by atoms with van der Waals surface area (Å²) in [5.74, 6) is 0. The number of amides is 1. The Hall–Kier alpha value is -1.77. The van der Waals surface area contributed by atoms with Gasteiger partial charge in [-0.2, -0.15) is 0 Å². The summed E-state index contributed by atoms with van der Waals surface area (Å²) in [4.78, 5) is 15.1. The Morgan fingerprint density at radius 2 is 2.05 bits per heavy atom. The molecule has 0 atom stereocenters. The number of sulfone groups is 1. The average molecular weight is 290 g/mol. The fourth-order valence-corrected chi connectivity index (χ4v) is 1.58. The summed E-state index contributed by atoms with van der Waals surface area (Å²) < 4.78 is 27.4. The standard InChI is InChI=1S/C10H18N4O4S/c1-10(2,3)18-9(15)12-6-7-5-11-8(14-13-7)19(4,16)17/h5,13H,6H2,1-4H3,(H,11,14)(H,12,15). The molecule has 0 spiro atoms. The Balaban J connectivity index is 2.51. The minimum Gasteiger partial charge on any atom is -0.444 e. The minimum absolute atomic E-state index is 0.141. The Bertz CT molecular complexity index is 516. The van der Waals surface area contributed by atoms with Crippen molar-refractivity contribution in [3.8, 4) is 0 Å². The third-order valence-corrected chi connectivity index (χ3v) is 2.75. The van der Waals surface area contributed by atoms with Crippen LogP contribution in [0.4, 0.5) is 4.79 Å². The molecular formula is C10H18N4O4S. The monoisotopic (exact) mass is 290 g/mol. The van der Waals surface area contributed by atoms with Crippen LogP contribution in [0.3, 0.4) is 0 Å². The van der Waals surface area contributed by atoms with E-state index in [0.29, 0.717) is 5.70 Å². The maximum Gasteiger partial charge on any atom is 0.407 e. The van der Waals surface area contributed by atoms with Crippen molar-refractivity contribution in [1.29, 1.82) is 0 Å². The number of carbonyl (C=O) groups excluding carboxylic acids is 1. The molecule has 0 radical (unpaired) electrons. The first-order valence-electron chi connectivity index (χ1n) is 5.54. The predicted octanol–water partition coefficient (Wildman–Crippen LogP) is -0.139. The van der Waals surface area contributed by atoms with Crippen molar-refractivity contribution in [1.82, 2.24) is 16.2 Å². The molecule has 0 aliphatic carbocycles. The van der Waals surface area contributed by atoms with Crippen LogP contribution in [0, 0.1) is 0 Å². The molecule has 0 saturated heterocycles. The highest BCUT2D eigenvalue weighted by molar-refractivity contribution is 8.05. The molecule has 1 aliphatic heterocycles. The van der Waals surface area contributed by atoms with Gasteiger partial charge in [-0.05, 0) is 20.8 Å². The number of hydrogen-bond donors (Lipinski definition) is 3. The van der Waals surface area contributed by atoms with Crippen LogP contribution in [0.5, 0.6) is 0 Å². The van der Waals surface area contributed by atoms with Crippen molar-refractivity contribution in [3.05, 3.63) is 11.9 Å². The zero-order chi connectivity index (χ0) is 14.7. The maximum absolute atomic E-state index is 11.4. The molecule has 0 aromatic rings. The van der Waals surface area contributed by atoms with Crippen LogP contribution in [-0.2, 0) is 14.6 Å². The molecule has 1 aliphatic rings. The van der Waals surface area contributed by atoms with E-state index in [-0.39, 0.29) is 11.7 Å². The van der Waals surface area contributed by atoms with Gasteiger partial charge in [0.1, 0.15) is 5.60 Å². The van der Waals surface area contributed by atoms with Crippen LogP contribution < -0.4 is 16.2 Å². The van der Waals surface area contributed by atoms with Gasteiger partial charge in [-0.15, -0.1) is 0 Å². The van der Waals surface area contributed by atoms with Crippen molar-refractivity contribution in [3.63, 3.8) is 0 Å². The zero-order valence-corrected chi connectivity index (χ0v) is 12.1. The van der Waals surface area contributed by atoms with Gasteiger partial charge in [0.2, 0.25) is 15.0 Å². The van der Waals surface area contributed by atoms with Crippen molar-refractivity contribution in [2.45, 2.75) is 26.4 Å². The van der Waals surface area contributed by atoms with E-state index in [9.17, 15) is 13.2 Å². The highest BCUT2D eigenvalue weighted by Crippen LogP contribution is 2.06. The average Bonchev–Trinajstić information content (AvgIpc) is 2.23. The number of rotatable bonds is 2. The number of aliphatic imine (C=N–C) groups is 1. The van der Waals surface area contributed by atoms with Gasteiger partial charge in [0.15, 0.2) is 0 Å². The van der Waals surface area contributed by atoms with E-state index in [1.54, 1.807) is 20.8 Å². The van der Waals surface area contributed by atoms with E-state index in [1.807, 2.05) is 0 Å². The number of carbonyl (C=O) groups is 1. The van der Waals surface area contributed by atoms with Gasteiger partial charge in [-0.25, -0.2) is 18.2 Å². The number of amidine groups is 1. The summed E-state index contributed by atoms with van der Waals surface area (Å²) in [6, 6.07) is 0. The van der Waals surface area contributed by atoms with E-state index in [4.69, 9.17) is 4.74 Å². The van der Waals surface area contributed by atoms with Gasteiger partial charge < -0.3 is 10.1 Å². The van der Waals surface area contributed by atoms with E-state index >= 15 is 0 Å². The molecule has 1 heterocycles. The lowest BCUT2D eigenvalue weighted by atomic mass is 10.2. The zero-order valence-electron chi connectivity index (χ0n) is 11.3. The topological polar surface area (TPSA) is 109 Å². The molecule has 1 rings (SSSR count). The smallest absolute Gasteiger partial charge is 0.407 e. The summed E-state index contributed by atoms with van der Waals surface area (Å²) >= 11 is 0. The molecular weight excluding hydrogens is 272 g/mol. The summed E-state index contributed by atoms with van der Waals surface area (Å²) in [7, 11) is -3.38. The van der Waals surface area contributed by atoms with Crippen LogP contribution in [0.1, 0.15) is 20.8 Å². The van der Waals surface area contributed by atoms with Crippen LogP contribution in [-0.4, -0.2) is 38.1 Å². The van der Waals surface area contributed by atoms with Gasteiger partial charge >= 0.3 is 6.09 Å². The quantitative estimate of drug-likeness (QED) is 0.653. The second-order valence-electron chi connectivity index (χ2n) is 4.97.